The van der Waals surface area contributed by atoms with E-state index in [-0.39, 0.29) is 17.7 Å². The molecule has 0 aliphatic rings. The van der Waals surface area contributed by atoms with Crippen LogP contribution >= 0.6 is 0 Å². The van der Waals surface area contributed by atoms with Crippen molar-refractivity contribution in [1.82, 2.24) is 0 Å². The third kappa shape index (κ3) is 6.42. The highest BCUT2D eigenvalue weighted by atomic mass is 19.4. The number of ether oxygens (including phenoxy) is 1. The number of rotatable bonds is 10. The van der Waals surface area contributed by atoms with Crippen LogP contribution in [0.5, 0.6) is 0 Å². The summed E-state index contributed by atoms with van der Waals surface area (Å²) in [5.41, 5.74) is 6.70. The number of alkyl halides is 3. The molecule has 0 spiro atoms. The van der Waals surface area contributed by atoms with Crippen molar-refractivity contribution < 1.29 is 27.1 Å². The molecular weight excluding hydrogens is 422 g/mol. The number of nitrogens with two attached hydrogens (primary N) is 1. The monoisotopic (exact) mass is 451 g/mol. The fourth-order valence-corrected chi connectivity index (χ4v) is 3.73. The van der Waals surface area contributed by atoms with Gasteiger partial charge in [0.1, 0.15) is 5.82 Å². The lowest BCUT2D eigenvalue weighted by Crippen LogP contribution is -2.21. The Morgan fingerprint density at radius 1 is 1.25 bits per heavy atom. The normalized spacial score (nSPS) is 12.5. The topological polar surface area (TPSA) is 52.3 Å². The van der Waals surface area contributed by atoms with Crippen molar-refractivity contribution in [3.63, 3.8) is 0 Å². The van der Waals surface area contributed by atoms with Crippen molar-refractivity contribution in [3.8, 4) is 11.1 Å². The molecule has 0 aromatic heterocycles. The first kappa shape index (κ1) is 25.6. The number of carbonyl (C=O) groups is 1. The zero-order valence-electron chi connectivity index (χ0n) is 18.4. The van der Waals surface area contributed by atoms with E-state index in [4.69, 9.17) is 10.5 Å². The fourth-order valence-electron chi connectivity index (χ4n) is 3.73. The number of aryl methyl sites for hydroxylation is 2. The summed E-state index contributed by atoms with van der Waals surface area (Å²) in [6.45, 7) is 7.20. The molecule has 0 saturated carbocycles. The number of benzene rings is 2. The molecule has 2 N–H and O–H groups in total. The van der Waals surface area contributed by atoms with Crippen molar-refractivity contribution in [3.05, 3.63) is 71.1 Å². The van der Waals surface area contributed by atoms with Gasteiger partial charge in [-0.3, -0.25) is 4.79 Å². The summed E-state index contributed by atoms with van der Waals surface area (Å²) >= 11 is 0. The van der Waals surface area contributed by atoms with Gasteiger partial charge in [-0.1, -0.05) is 24.3 Å². The smallest absolute Gasteiger partial charge is 0.419 e. The highest BCUT2D eigenvalue weighted by Gasteiger charge is 2.37. The lowest BCUT2D eigenvalue weighted by Gasteiger charge is -2.20. The zero-order valence-corrected chi connectivity index (χ0v) is 18.4. The summed E-state index contributed by atoms with van der Waals surface area (Å²) in [6.07, 6.45) is -0.256. The van der Waals surface area contributed by atoms with Crippen LogP contribution < -0.4 is 5.73 Å². The number of allylic oxidation sites excluding steroid dienone is 1. The molecule has 0 saturated heterocycles. The molecule has 2 aromatic carbocycles. The molecule has 0 aliphatic carbocycles. The highest BCUT2D eigenvalue weighted by Crippen LogP contribution is 2.39. The van der Waals surface area contributed by atoms with Crippen LogP contribution in [-0.2, 0) is 22.1 Å². The predicted octanol–water partition coefficient (Wildman–Crippen LogP) is 6.67. The Morgan fingerprint density at radius 3 is 2.59 bits per heavy atom. The maximum absolute atomic E-state index is 14.9. The first-order valence-electron chi connectivity index (χ1n) is 10.6. The van der Waals surface area contributed by atoms with Gasteiger partial charge >= 0.3 is 12.1 Å². The molecule has 7 heteroatoms. The molecule has 2 rings (SSSR count). The first-order valence-corrected chi connectivity index (χ1v) is 10.6. The molecule has 0 radical (unpaired) electrons. The van der Waals surface area contributed by atoms with Gasteiger partial charge in [-0.2, -0.15) is 13.2 Å². The third-order valence-corrected chi connectivity index (χ3v) is 5.25. The molecular formula is C25H29F4NO2. The van der Waals surface area contributed by atoms with Gasteiger partial charge in [-0.05, 0) is 73.9 Å². The van der Waals surface area contributed by atoms with Crippen LogP contribution in [0.25, 0.3) is 11.1 Å². The van der Waals surface area contributed by atoms with E-state index in [9.17, 15) is 22.4 Å². The van der Waals surface area contributed by atoms with Crippen LogP contribution in [0, 0.1) is 12.7 Å². The van der Waals surface area contributed by atoms with E-state index < -0.39 is 36.0 Å². The lowest BCUT2D eigenvalue weighted by atomic mass is 9.88. The van der Waals surface area contributed by atoms with Crippen molar-refractivity contribution >= 4 is 5.97 Å². The highest BCUT2D eigenvalue weighted by molar-refractivity contribution is 5.74. The molecule has 0 heterocycles. The van der Waals surface area contributed by atoms with E-state index in [1.165, 1.54) is 6.07 Å². The Hall–Kier alpha value is -2.67. The van der Waals surface area contributed by atoms with Crippen LogP contribution in [0.4, 0.5) is 17.6 Å². The maximum atomic E-state index is 14.9. The Bertz CT molecular complexity index is 954. The predicted molar refractivity (Wildman–Crippen MR) is 118 cm³/mol. The van der Waals surface area contributed by atoms with Crippen LogP contribution in [0.3, 0.4) is 0 Å². The summed E-state index contributed by atoms with van der Waals surface area (Å²) in [5.74, 6) is -2.16. The molecule has 3 nitrogen and oxygen atoms in total. The zero-order chi connectivity index (χ0) is 23.9. The average Bonchev–Trinajstić information content (AvgIpc) is 2.71. The third-order valence-electron chi connectivity index (χ3n) is 5.25. The first-order chi connectivity index (χ1) is 15.1. The molecule has 2 aromatic rings. The van der Waals surface area contributed by atoms with E-state index in [1.54, 1.807) is 19.9 Å². The Balaban J connectivity index is 2.59. The van der Waals surface area contributed by atoms with E-state index in [0.29, 0.717) is 12.0 Å². The van der Waals surface area contributed by atoms with E-state index >= 15 is 0 Å². The second-order valence-electron chi connectivity index (χ2n) is 7.68. The van der Waals surface area contributed by atoms with Crippen molar-refractivity contribution in [2.24, 2.45) is 5.73 Å². The summed E-state index contributed by atoms with van der Waals surface area (Å²) < 4.78 is 60.7. The summed E-state index contributed by atoms with van der Waals surface area (Å²) in [7, 11) is 0. The number of halogens is 4. The molecule has 0 fully saturated rings. The minimum absolute atomic E-state index is 0.0975. The minimum Gasteiger partial charge on any atom is -0.466 e. The van der Waals surface area contributed by atoms with Gasteiger partial charge in [0.05, 0.1) is 18.6 Å². The summed E-state index contributed by atoms with van der Waals surface area (Å²) in [6, 6.07) is 6.40. The van der Waals surface area contributed by atoms with Crippen LogP contribution in [0.1, 0.15) is 60.9 Å². The van der Waals surface area contributed by atoms with Gasteiger partial charge in [0.2, 0.25) is 0 Å². The number of hydrogen-bond acceptors (Lipinski definition) is 3. The molecule has 1 atom stereocenters. The Morgan fingerprint density at radius 2 is 1.97 bits per heavy atom. The fraction of sp³-hybridized carbons (Fsp3) is 0.400. The van der Waals surface area contributed by atoms with Crippen LogP contribution in [0.15, 0.2) is 43.0 Å². The Kier molecular flexibility index (Phi) is 9.01. The van der Waals surface area contributed by atoms with E-state index in [2.05, 4.69) is 6.58 Å². The van der Waals surface area contributed by atoms with Gasteiger partial charge in [-0.15, -0.1) is 6.58 Å². The molecule has 0 amide bonds. The number of carbonyl (C=O) groups excluding carboxylic acids is 1. The number of hydrogen-bond donors (Lipinski definition) is 1. The van der Waals surface area contributed by atoms with E-state index in [1.807, 2.05) is 18.2 Å². The quantitative estimate of drug-likeness (QED) is 0.190. The summed E-state index contributed by atoms with van der Waals surface area (Å²) in [4.78, 5) is 11.8. The molecule has 0 bridgehead atoms. The van der Waals surface area contributed by atoms with Crippen LogP contribution in [0.2, 0.25) is 0 Å². The van der Waals surface area contributed by atoms with Crippen LogP contribution in [-0.4, -0.2) is 12.6 Å². The minimum atomic E-state index is -4.91. The number of unbranched alkanes of at least 4 members (excludes halogenated alkanes) is 2. The largest absolute Gasteiger partial charge is 0.466 e. The molecule has 0 aliphatic heterocycles. The van der Waals surface area contributed by atoms with Crippen molar-refractivity contribution in [2.75, 3.05) is 6.61 Å². The maximum Gasteiger partial charge on any atom is 0.419 e. The second-order valence-corrected chi connectivity index (χ2v) is 7.68. The number of esters is 1. The Labute approximate surface area is 186 Å². The van der Waals surface area contributed by atoms with Gasteiger partial charge in [0, 0.05) is 11.6 Å². The second kappa shape index (κ2) is 11.3. The molecule has 174 valence electrons. The van der Waals surface area contributed by atoms with Crippen molar-refractivity contribution in [2.45, 2.75) is 58.2 Å². The summed E-state index contributed by atoms with van der Waals surface area (Å²) in [5, 5.41) is 0. The molecule has 0 unspecified atom stereocenters. The van der Waals surface area contributed by atoms with Gasteiger partial charge in [0.25, 0.3) is 0 Å². The van der Waals surface area contributed by atoms with Gasteiger partial charge in [-0.25, -0.2) is 4.39 Å². The van der Waals surface area contributed by atoms with E-state index in [0.717, 1.165) is 36.5 Å². The SMILES string of the molecule is C=CCCCCc1cccc(C)c1-c1cc([C@@H](N)CC(=O)OCC)c(F)c(C(F)(F)F)c1. The van der Waals surface area contributed by atoms with Gasteiger partial charge in [0.15, 0.2) is 0 Å². The molecule has 32 heavy (non-hydrogen) atoms. The average molecular weight is 452 g/mol. The lowest BCUT2D eigenvalue weighted by molar-refractivity contribution is -0.143. The van der Waals surface area contributed by atoms with Crippen molar-refractivity contribution in [1.29, 1.82) is 0 Å². The van der Waals surface area contributed by atoms with Gasteiger partial charge < -0.3 is 10.5 Å². The standard InChI is InChI=1S/C25H29F4NO2/c1-4-6-7-8-11-17-12-9-10-16(3)23(17)18-13-19(21(30)15-22(31)32-5-2)24(26)20(14-18)25(27,28)29/h4,9-10,12-14,21H,1,5-8,11,15,30H2,2-3H3/t21-/m0/s1.